The number of rotatable bonds is 6. The highest BCUT2D eigenvalue weighted by molar-refractivity contribution is 6.00. The number of morpholine rings is 1. The van der Waals surface area contributed by atoms with E-state index in [9.17, 15) is 4.79 Å². The number of benzene rings is 3. The molecule has 1 heterocycles. The van der Waals surface area contributed by atoms with E-state index in [-0.39, 0.29) is 0 Å². The topological polar surface area (TPSA) is 76.8 Å². The number of nitrogens with two attached hydrogens (primary N) is 1. The fraction of sp³-hybridized carbons (Fsp3) is 0.269. The van der Waals surface area contributed by atoms with Crippen molar-refractivity contribution < 1.29 is 14.3 Å². The minimum atomic E-state index is -0.420. The van der Waals surface area contributed by atoms with Gasteiger partial charge in [0.15, 0.2) is 0 Å². The van der Waals surface area contributed by atoms with Crippen LogP contribution in [0.25, 0.3) is 22.3 Å². The number of esters is 1. The van der Waals surface area contributed by atoms with Gasteiger partial charge in [-0.3, -0.25) is 4.90 Å². The summed E-state index contributed by atoms with van der Waals surface area (Å²) in [5.41, 5.74) is 13.3. The molecule has 0 atom stereocenters. The van der Waals surface area contributed by atoms with Crippen LogP contribution in [0.4, 0.5) is 11.4 Å². The van der Waals surface area contributed by atoms with E-state index < -0.39 is 5.97 Å². The molecule has 0 amide bonds. The molecule has 0 saturated carbocycles. The van der Waals surface area contributed by atoms with E-state index in [0.29, 0.717) is 16.9 Å². The van der Waals surface area contributed by atoms with Crippen molar-refractivity contribution in [1.82, 2.24) is 4.90 Å². The Hall–Kier alpha value is -3.35. The number of nitrogens with one attached hydrogen (secondary N) is 1. The summed E-state index contributed by atoms with van der Waals surface area (Å²) < 4.78 is 10.4. The summed E-state index contributed by atoms with van der Waals surface area (Å²) in [7, 11) is 3.11. The molecule has 0 aromatic heterocycles. The largest absolute Gasteiger partial charge is 0.465 e. The number of nitrogen functional groups attached to an aromatic ring is 1. The highest BCUT2D eigenvalue weighted by Crippen LogP contribution is 2.33. The van der Waals surface area contributed by atoms with E-state index in [0.717, 1.165) is 49.5 Å². The molecule has 32 heavy (non-hydrogen) atoms. The van der Waals surface area contributed by atoms with Crippen molar-refractivity contribution in [2.24, 2.45) is 0 Å². The maximum Gasteiger partial charge on any atom is 0.340 e. The van der Waals surface area contributed by atoms with Crippen LogP contribution < -0.4 is 11.1 Å². The van der Waals surface area contributed by atoms with Crippen LogP contribution in [0.3, 0.4) is 0 Å². The molecule has 0 unspecified atom stereocenters. The number of nitrogens with zero attached hydrogens (tertiary/aromatic N) is 1. The highest BCUT2D eigenvalue weighted by Gasteiger charge is 2.17. The molecule has 0 bridgehead atoms. The molecule has 3 N–H and O–H groups in total. The van der Waals surface area contributed by atoms with E-state index in [1.807, 2.05) is 12.1 Å². The minimum absolute atomic E-state index is 0.420. The van der Waals surface area contributed by atoms with Gasteiger partial charge in [0.25, 0.3) is 0 Å². The van der Waals surface area contributed by atoms with Gasteiger partial charge in [-0.1, -0.05) is 48.5 Å². The number of carbonyl (C=O) groups excluding carboxylic acids is 1. The first-order chi connectivity index (χ1) is 15.6. The first-order valence-electron chi connectivity index (χ1n) is 10.8. The molecular weight excluding hydrogens is 402 g/mol. The Bertz CT molecular complexity index is 1090. The fourth-order valence-corrected chi connectivity index (χ4v) is 4.16. The van der Waals surface area contributed by atoms with Gasteiger partial charge in [-0.05, 0) is 39.9 Å². The minimum Gasteiger partial charge on any atom is -0.465 e. The van der Waals surface area contributed by atoms with Crippen LogP contribution in [0.1, 0.15) is 15.9 Å². The zero-order valence-electron chi connectivity index (χ0n) is 18.6. The summed E-state index contributed by atoms with van der Waals surface area (Å²) in [6.07, 6.45) is 0. The Morgan fingerprint density at radius 1 is 1.03 bits per heavy atom. The second kappa shape index (κ2) is 9.85. The lowest BCUT2D eigenvalue weighted by atomic mass is 9.95. The molecule has 0 radical (unpaired) electrons. The number of hydrogen-bond acceptors (Lipinski definition) is 6. The molecular formula is C26H29N3O3. The summed E-state index contributed by atoms with van der Waals surface area (Å²) in [5, 5.41) is 2.99. The van der Waals surface area contributed by atoms with Crippen molar-refractivity contribution >= 4 is 17.3 Å². The summed E-state index contributed by atoms with van der Waals surface area (Å²) >= 11 is 0. The van der Waals surface area contributed by atoms with E-state index in [1.54, 1.807) is 7.05 Å². The molecule has 3 aromatic carbocycles. The van der Waals surface area contributed by atoms with E-state index in [4.69, 9.17) is 15.2 Å². The molecule has 3 aromatic rings. The van der Waals surface area contributed by atoms with E-state index in [1.165, 1.54) is 18.2 Å². The van der Waals surface area contributed by atoms with Crippen LogP contribution in [0.15, 0.2) is 60.7 Å². The van der Waals surface area contributed by atoms with Gasteiger partial charge in [-0.2, -0.15) is 0 Å². The van der Waals surface area contributed by atoms with Gasteiger partial charge in [-0.15, -0.1) is 0 Å². The lowest BCUT2D eigenvalue weighted by Crippen LogP contribution is -2.35. The van der Waals surface area contributed by atoms with Gasteiger partial charge in [-0.25, -0.2) is 4.79 Å². The molecule has 1 aliphatic heterocycles. The summed E-state index contributed by atoms with van der Waals surface area (Å²) in [6.45, 7) is 4.41. The summed E-state index contributed by atoms with van der Waals surface area (Å²) in [5.74, 6) is -0.420. The van der Waals surface area contributed by atoms with Crippen LogP contribution in [-0.2, 0) is 16.0 Å². The second-order valence-corrected chi connectivity index (χ2v) is 7.85. The SMILES string of the molecule is CNc1c(N)cc(-c2ccc(-c3ccccc3CN3CCOCC3)cc2)cc1C(=O)OC. The standard InChI is InChI=1S/C26H29N3O3/c1-28-25-23(26(30)31-2)15-21(16-24(25)27)18-7-9-19(10-8-18)22-6-4-3-5-20(22)17-29-11-13-32-14-12-29/h3-10,15-16,28H,11-14,17,27H2,1-2H3. The van der Waals surface area contributed by atoms with Crippen molar-refractivity contribution in [3.05, 3.63) is 71.8 Å². The van der Waals surface area contributed by atoms with E-state index >= 15 is 0 Å². The number of carbonyl (C=O) groups is 1. The Labute approximate surface area is 188 Å². The van der Waals surface area contributed by atoms with Crippen molar-refractivity contribution in [1.29, 1.82) is 0 Å². The van der Waals surface area contributed by atoms with Gasteiger partial charge in [0.1, 0.15) is 0 Å². The lowest BCUT2D eigenvalue weighted by molar-refractivity contribution is 0.0342. The predicted octanol–water partition coefficient (Wildman–Crippen LogP) is 4.26. The van der Waals surface area contributed by atoms with Gasteiger partial charge >= 0.3 is 5.97 Å². The molecule has 166 valence electrons. The van der Waals surface area contributed by atoms with Gasteiger partial charge < -0.3 is 20.5 Å². The molecule has 6 nitrogen and oxygen atoms in total. The third-order valence-corrected chi connectivity index (χ3v) is 5.87. The summed E-state index contributed by atoms with van der Waals surface area (Å²) in [4.78, 5) is 14.7. The Kier molecular flexibility index (Phi) is 6.73. The van der Waals surface area contributed by atoms with Crippen LogP contribution >= 0.6 is 0 Å². The molecule has 1 aliphatic rings. The number of methoxy groups -OCH3 is 1. The summed E-state index contributed by atoms with van der Waals surface area (Å²) in [6, 6.07) is 20.6. The number of ether oxygens (including phenoxy) is 2. The first kappa shape index (κ1) is 21.9. The second-order valence-electron chi connectivity index (χ2n) is 7.85. The lowest BCUT2D eigenvalue weighted by Gasteiger charge is -2.27. The highest BCUT2D eigenvalue weighted by atomic mass is 16.5. The van der Waals surface area contributed by atoms with Crippen molar-refractivity contribution in [2.45, 2.75) is 6.54 Å². The van der Waals surface area contributed by atoms with Gasteiger partial charge in [0.2, 0.25) is 0 Å². The van der Waals surface area contributed by atoms with E-state index in [2.05, 4.69) is 58.7 Å². The predicted molar refractivity (Wildman–Crippen MR) is 129 cm³/mol. The van der Waals surface area contributed by atoms with Crippen molar-refractivity contribution in [3.63, 3.8) is 0 Å². The monoisotopic (exact) mass is 431 g/mol. The molecule has 6 heteroatoms. The zero-order chi connectivity index (χ0) is 22.5. The molecule has 1 saturated heterocycles. The molecule has 1 fully saturated rings. The number of hydrogen-bond donors (Lipinski definition) is 2. The average Bonchev–Trinajstić information content (AvgIpc) is 2.84. The smallest absolute Gasteiger partial charge is 0.340 e. The quantitative estimate of drug-likeness (QED) is 0.449. The fourth-order valence-electron chi connectivity index (χ4n) is 4.16. The average molecular weight is 432 g/mol. The Balaban J connectivity index is 1.63. The third kappa shape index (κ3) is 4.61. The van der Waals surface area contributed by atoms with Crippen LogP contribution in [0, 0.1) is 0 Å². The van der Waals surface area contributed by atoms with Crippen molar-refractivity contribution in [2.75, 3.05) is 51.5 Å². The number of anilines is 2. The van der Waals surface area contributed by atoms with Gasteiger partial charge in [0, 0.05) is 26.7 Å². The van der Waals surface area contributed by atoms with Crippen molar-refractivity contribution in [3.8, 4) is 22.3 Å². The molecule has 0 spiro atoms. The maximum absolute atomic E-state index is 12.2. The van der Waals surface area contributed by atoms with Crippen LogP contribution in [-0.4, -0.2) is 51.3 Å². The van der Waals surface area contributed by atoms with Crippen LogP contribution in [0.2, 0.25) is 0 Å². The Morgan fingerprint density at radius 2 is 1.72 bits per heavy atom. The third-order valence-electron chi connectivity index (χ3n) is 5.87. The zero-order valence-corrected chi connectivity index (χ0v) is 18.6. The Morgan fingerprint density at radius 3 is 2.41 bits per heavy atom. The maximum atomic E-state index is 12.2. The molecule has 0 aliphatic carbocycles. The van der Waals surface area contributed by atoms with Gasteiger partial charge in [0.05, 0.1) is 37.3 Å². The first-order valence-corrected chi connectivity index (χ1v) is 10.8. The molecule has 4 rings (SSSR count). The van der Waals surface area contributed by atoms with Crippen LogP contribution in [0.5, 0.6) is 0 Å². The normalized spacial score (nSPS) is 14.2.